The minimum Gasteiger partial charge on any atom is -0.497 e. The standard InChI is InChI=1S/C16H16ClN3O4/c1-3-4-5-16(19-20-16)6-7-18-14(21)11-8-10(24-2)9-12(13(11)17)15(22)23/h1,8-9H,4-7H2,2H3,(H,18,21)(H,22,23). The Bertz CT molecular complexity index is 734. The summed E-state index contributed by atoms with van der Waals surface area (Å²) < 4.78 is 5.01. The summed E-state index contributed by atoms with van der Waals surface area (Å²) in [6.45, 7) is 0.312. The van der Waals surface area contributed by atoms with Gasteiger partial charge in [0.05, 0.1) is 23.3 Å². The van der Waals surface area contributed by atoms with Gasteiger partial charge in [-0.05, 0) is 12.1 Å². The lowest BCUT2D eigenvalue weighted by molar-refractivity contribution is 0.0696. The first kappa shape index (κ1) is 17.8. The highest BCUT2D eigenvalue weighted by molar-refractivity contribution is 6.36. The Morgan fingerprint density at radius 1 is 1.38 bits per heavy atom. The number of rotatable bonds is 8. The summed E-state index contributed by atoms with van der Waals surface area (Å²) >= 11 is 6.02. The summed E-state index contributed by atoms with van der Waals surface area (Å²) in [5, 5.41) is 19.7. The quantitative estimate of drug-likeness (QED) is 0.704. The first-order chi connectivity index (χ1) is 11.4. The summed E-state index contributed by atoms with van der Waals surface area (Å²) in [6, 6.07) is 2.66. The second-order valence-corrected chi connectivity index (χ2v) is 5.61. The topological polar surface area (TPSA) is 100 Å². The van der Waals surface area contributed by atoms with Crippen molar-refractivity contribution < 1.29 is 19.4 Å². The number of aromatic carboxylic acids is 1. The zero-order chi connectivity index (χ0) is 17.7. The number of carbonyl (C=O) groups excluding carboxylic acids is 1. The molecule has 0 aromatic heterocycles. The molecule has 2 N–H and O–H groups in total. The maximum atomic E-state index is 12.3. The van der Waals surface area contributed by atoms with Crippen LogP contribution in [0.4, 0.5) is 0 Å². The molecule has 2 rings (SSSR count). The molecule has 0 bridgehead atoms. The van der Waals surface area contributed by atoms with Crippen molar-refractivity contribution in [2.45, 2.75) is 24.9 Å². The second kappa shape index (κ2) is 7.32. The first-order valence-electron chi connectivity index (χ1n) is 7.19. The largest absolute Gasteiger partial charge is 0.497 e. The molecule has 1 heterocycles. The maximum absolute atomic E-state index is 12.3. The van der Waals surface area contributed by atoms with E-state index in [2.05, 4.69) is 21.5 Å². The molecule has 0 radical (unpaired) electrons. The molecule has 126 valence electrons. The number of hydrogen-bond acceptors (Lipinski definition) is 5. The highest BCUT2D eigenvalue weighted by Gasteiger charge is 2.38. The predicted molar refractivity (Wildman–Crippen MR) is 87.6 cm³/mol. The van der Waals surface area contributed by atoms with Gasteiger partial charge >= 0.3 is 5.97 Å². The molecule has 7 nitrogen and oxygen atoms in total. The molecule has 0 saturated carbocycles. The Morgan fingerprint density at radius 2 is 2.04 bits per heavy atom. The van der Waals surface area contributed by atoms with Crippen LogP contribution in [-0.4, -0.2) is 36.3 Å². The van der Waals surface area contributed by atoms with E-state index in [0.717, 1.165) is 0 Å². The number of amides is 1. The monoisotopic (exact) mass is 349 g/mol. The Hall–Kier alpha value is -2.59. The third-order valence-electron chi connectivity index (χ3n) is 3.62. The Morgan fingerprint density at radius 3 is 2.58 bits per heavy atom. The van der Waals surface area contributed by atoms with Crippen LogP contribution in [0.2, 0.25) is 5.02 Å². The lowest BCUT2D eigenvalue weighted by Crippen LogP contribution is -2.28. The van der Waals surface area contributed by atoms with Crippen LogP contribution in [0, 0.1) is 12.3 Å². The van der Waals surface area contributed by atoms with Gasteiger partial charge in [0.1, 0.15) is 5.75 Å². The number of halogens is 1. The number of nitrogens with one attached hydrogen (secondary N) is 1. The number of carboxylic acids is 1. The number of benzene rings is 1. The highest BCUT2D eigenvalue weighted by atomic mass is 35.5. The zero-order valence-electron chi connectivity index (χ0n) is 13.0. The van der Waals surface area contributed by atoms with Gasteiger partial charge in [-0.1, -0.05) is 11.6 Å². The van der Waals surface area contributed by atoms with Crippen molar-refractivity contribution in [3.8, 4) is 18.1 Å². The first-order valence-corrected chi connectivity index (χ1v) is 7.57. The van der Waals surface area contributed by atoms with Gasteiger partial charge in [-0.15, -0.1) is 12.3 Å². The van der Waals surface area contributed by atoms with Crippen LogP contribution < -0.4 is 10.1 Å². The fourth-order valence-corrected chi connectivity index (χ4v) is 2.45. The molecule has 0 atom stereocenters. The SMILES string of the molecule is C#CCCC1(CCNC(=O)c2cc(OC)cc(C(=O)O)c2Cl)N=N1. The van der Waals surface area contributed by atoms with Gasteiger partial charge in [0.2, 0.25) is 0 Å². The lowest BCUT2D eigenvalue weighted by Gasteiger charge is -2.12. The summed E-state index contributed by atoms with van der Waals surface area (Å²) in [7, 11) is 1.38. The van der Waals surface area contributed by atoms with Crippen molar-refractivity contribution >= 4 is 23.5 Å². The Kier molecular flexibility index (Phi) is 5.42. The number of hydrogen-bond donors (Lipinski definition) is 2. The molecule has 0 aliphatic carbocycles. The van der Waals surface area contributed by atoms with Crippen LogP contribution in [0.15, 0.2) is 22.4 Å². The van der Waals surface area contributed by atoms with Crippen LogP contribution in [0.25, 0.3) is 0 Å². The number of nitrogens with zero attached hydrogens (tertiary/aromatic N) is 2. The van der Waals surface area contributed by atoms with E-state index in [1.807, 2.05) is 0 Å². The minimum atomic E-state index is -1.24. The fraction of sp³-hybridized carbons (Fsp3) is 0.375. The fourth-order valence-electron chi connectivity index (χ4n) is 2.18. The van der Waals surface area contributed by atoms with Gasteiger partial charge in [0, 0.05) is 25.8 Å². The lowest BCUT2D eigenvalue weighted by atomic mass is 10.0. The van der Waals surface area contributed by atoms with Crippen molar-refractivity contribution in [1.82, 2.24) is 5.32 Å². The zero-order valence-corrected chi connectivity index (χ0v) is 13.8. The molecule has 0 unspecified atom stereocenters. The molecule has 1 amide bonds. The van der Waals surface area contributed by atoms with Gasteiger partial charge in [0.25, 0.3) is 5.91 Å². The van der Waals surface area contributed by atoms with Crippen molar-refractivity contribution in [2.75, 3.05) is 13.7 Å². The molecule has 1 aliphatic heterocycles. The number of carboxylic acid groups (broad SMARTS) is 1. The van der Waals surface area contributed by atoms with Gasteiger partial charge in [-0.25, -0.2) is 4.79 Å². The summed E-state index contributed by atoms with van der Waals surface area (Å²) in [4.78, 5) is 23.5. The molecule has 1 aromatic carbocycles. The van der Waals surface area contributed by atoms with E-state index < -0.39 is 17.5 Å². The molecule has 0 saturated heterocycles. The smallest absolute Gasteiger partial charge is 0.337 e. The molecule has 24 heavy (non-hydrogen) atoms. The van der Waals surface area contributed by atoms with E-state index >= 15 is 0 Å². The predicted octanol–water partition coefficient (Wildman–Crippen LogP) is 2.74. The maximum Gasteiger partial charge on any atom is 0.337 e. The van der Waals surface area contributed by atoms with Gasteiger partial charge < -0.3 is 15.2 Å². The van der Waals surface area contributed by atoms with Crippen molar-refractivity contribution in [3.63, 3.8) is 0 Å². The summed E-state index contributed by atoms with van der Waals surface area (Å²) in [5.74, 6) is 1.04. The summed E-state index contributed by atoms with van der Waals surface area (Å²) in [6.07, 6.45) is 6.94. The van der Waals surface area contributed by atoms with Gasteiger partial charge in [-0.2, -0.15) is 10.2 Å². The molecule has 1 aliphatic rings. The second-order valence-electron chi connectivity index (χ2n) is 5.23. The number of carbonyl (C=O) groups is 2. The molecular formula is C16H16ClN3O4. The Labute approximate surface area is 144 Å². The number of terminal acetylenes is 1. The van der Waals surface area contributed by atoms with E-state index in [-0.39, 0.29) is 21.9 Å². The van der Waals surface area contributed by atoms with E-state index in [1.165, 1.54) is 19.2 Å². The number of methoxy groups -OCH3 is 1. The third kappa shape index (κ3) is 4.03. The normalized spacial score (nSPS) is 13.9. The van der Waals surface area contributed by atoms with Crippen LogP contribution >= 0.6 is 11.6 Å². The van der Waals surface area contributed by atoms with Gasteiger partial charge in [-0.3, -0.25) is 4.79 Å². The molecule has 0 fully saturated rings. The van der Waals surface area contributed by atoms with Crippen LogP contribution in [0.3, 0.4) is 0 Å². The van der Waals surface area contributed by atoms with Crippen molar-refractivity contribution in [3.05, 3.63) is 28.3 Å². The van der Waals surface area contributed by atoms with E-state index in [9.17, 15) is 9.59 Å². The van der Waals surface area contributed by atoms with E-state index in [1.54, 1.807) is 0 Å². The van der Waals surface area contributed by atoms with Crippen molar-refractivity contribution in [2.24, 2.45) is 10.2 Å². The van der Waals surface area contributed by atoms with Gasteiger partial charge in [0.15, 0.2) is 5.66 Å². The molecular weight excluding hydrogens is 334 g/mol. The van der Waals surface area contributed by atoms with Crippen LogP contribution in [0.1, 0.15) is 40.0 Å². The van der Waals surface area contributed by atoms with E-state index in [4.69, 9.17) is 27.9 Å². The highest BCUT2D eigenvalue weighted by Crippen LogP contribution is 2.36. The van der Waals surface area contributed by atoms with E-state index in [0.29, 0.717) is 25.8 Å². The molecule has 8 heteroatoms. The summed E-state index contributed by atoms with van der Waals surface area (Å²) in [5.41, 5.74) is -0.654. The molecule has 0 spiro atoms. The average molecular weight is 350 g/mol. The molecule has 1 aromatic rings. The minimum absolute atomic E-state index is 0.0377. The Balaban J connectivity index is 2.03. The van der Waals surface area contributed by atoms with Crippen molar-refractivity contribution in [1.29, 1.82) is 0 Å². The van der Waals surface area contributed by atoms with Crippen LogP contribution in [0.5, 0.6) is 5.75 Å². The van der Waals surface area contributed by atoms with Crippen LogP contribution in [-0.2, 0) is 0 Å². The third-order valence-corrected chi connectivity index (χ3v) is 4.03. The average Bonchev–Trinajstić information content (AvgIpc) is 3.33. The number of ether oxygens (including phenoxy) is 1.